The molecule has 2 rings (SSSR count). The molecule has 0 spiro atoms. The lowest BCUT2D eigenvalue weighted by atomic mass is 10.1. The van der Waals surface area contributed by atoms with Gasteiger partial charge in [-0.1, -0.05) is 57.4 Å². The molecule has 0 amide bonds. The molecule has 4 heteroatoms. The van der Waals surface area contributed by atoms with Crippen molar-refractivity contribution in [3.8, 4) is 0 Å². The summed E-state index contributed by atoms with van der Waals surface area (Å²) in [6.45, 7) is 4.09. The van der Waals surface area contributed by atoms with E-state index in [-0.39, 0.29) is 5.56 Å². The molecular weight excluding hydrogens is 330 g/mol. The number of hydrogen-bond acceptors (Lipinski definition) is 2. The Kier molecular flexibility index (Phi) is 8.13. The molecule has 0 fully saturated rings. The molecule has 26 heavy (non-hydrogen) atoms. The van der Waals surface area contributed by atoms with Crippen LogP contribution >= 0.6 is 0 Å². The van der Waals surface area contributed by atoms with Crippen LogP contribution in [0.2, 0.25) is 0 Å². The number of nitrogens with zero attached hydrogens (tertiary/aromatic N) is 2. The van der Waals surface area contributed by atoms with Gasteiger partial charge in [0.1, 0.15) is 11.6 Å². The molecule has 2 aromatic rings. The molecule has 0 aliphatic rings. The lowest BCUT2D eigenvalue weighted by molar-refractivity contribution is 0.552. The minimum absolute atomic E-state index is 0.132. The Morgan fingerprint density at radius 2 is 1.38 bits per heavy atom. The van der Waals surface area contributed by atoms with Gasteiger partial charge >= 0.3 is 0 Å². The molecule has 0 aliphatic heterocycles. The van der Waals surface area contributed by atoms with E-state index in [4.69, 9.17) is 0 Å². The molecule has 0 heterocycles. The summed E-state index contributed by atoms with van der Waals surface area (Å²) in [5.74, 6) is -1.06. The second-order valence-electron chi connectivity index (χ2n) is 6.40. The second-order valence-corrected chi connectivity index (χ2v) is 6.40. The Balaban J connectivity index is 1.95. The van der Waals surface area contributed by atoms with Gasteiger partial charge in [0.2, 0.25) is 0 Å². The van der Waals surface area contributed by atoms with Crippen LogP contribution < -0.4 is 0 Å². The summed E-state index contributed by atoms with van der Waals surface area (Å²) >= 11 is 0. The summed E-state index contributed by atoms with van der Waals surface area (Å²) in [4.78, 5) is 0. The number of aryl methyl sites for hydroxylation is 1. The second kappa shape index (κ2) is 10.6. The highest BCUT2D eigenvalue weighted by molar-refractivity contribution is 5.82. The van der Waals surface area contributed by atoms with E-state index in [1.54, 1.807) is 6.21 Å². The Morgan fingerprint density at radius 3 is 1.96 bits per heavy atom. The monoisotopic (exact) mass is 356 g/mol. The van der Waals surface area contributed by atoms with Gasteiger partial charge in [0.15, 0.2) is 0 Å². The predicted octanol–water partition coefficient (Wildman–Crippen LogP) is 6.10. The molecule has 0 saturated carbocycles. The van der Waals surface area contributed by atoms with Gasteiger partial charge in [-0.25, -0.2) is 8.78 Å². The summed E-state index contributed by atoms with van der Waals surface area (Å²) < 4.78 is 27.8. The molecule has 138 valence electrons. The van der Waals surface area contributed by atoms with Gasteiger partial charge in [-0.3, -0.25) is 0 Å². The van der Waals surface area contributed by atoms with Crippen molar-refractivity contribution in [3.63, 3.8) is 0 Å². The highest BCUT2D eigenvalue weighted by Gasteiger charge is 2.09. The van der Waals surface area contributed by atoms with Gasteiger partial charge in [0.25, 0.3) is 0 Å². The SMILES string of the molecule is CCCCCc1ccc(C=NN=Cc2cc(F)c(CCC)c(F)c2)cc1. The molecular formula is C22H26F2N2. The predicted molar refractivity (Wildman–Crippen MR) is 105 cm³/mol. The summed E-state index contributed by atoms with van der Waals surface area (Å²) in [7, 11) is 0. The molecule has 0 unspecified atom stereocenters. The van der Waals surface area contributed by atoms with E-state index in [9.17, 15) is 8.78 Å². The van der Waals surface area contributed by atoms with Crippen LogP contribution in [-0.2, 0) is 12.8 Å². The van der Waals surface area contributed by atoms with Crippen LogP contribution in [0.4, 0.5) is 8.78 Å². The van der Waals surface area contributed by atoms with Gasteiger partial charge in [0.05, 0.1) is 12.4 Å². The van der Waals surface area contributed by atoms with E-state index in [0.717, 1.165) is 12.0 Å². The fraction of sp³-hybridized carbons (Fsp3) is 0.364. The highest BCUT2D eigenvalue weighted by Crippen LogP contribution is 2.16. The first kappa shape index (κ1) is 20.0. The lowest BCUT2D eigenvalue weighted by Crippen LogP contribution is -1.97. The van der Waals surface area contributed by atoms with Crippen LogP contribution in [0, 0.1) is 11.6 Å². The quantitative estimate of drug-likeness (QED) is 0.294. The van der Waals surface area contributed by atoms with E-state index < -0.39 is 11.6 Å². The normalized spacial score (nSPS) is 11.7. The molecule has 0 saturated heterocycles. The average Bonchev–Trinajstić information content (AvgIpc) is 2.63. The Hall–Kier alpha value is -2.36. The standard InChI is InChI=1S/C22H26F2N2/c1-3-5-6-8-17-9-11-18(12-10-17)15-25-26-16-19-13-21(23)20(7-4-2)22(24)14-19/h9-16H,3-8H2,1-2H3. The maximum absolute atomic E-state index is 13.9. The zero-order valence-electron chi connectivity index (χ0n) is 15.5. The van der Waals surface area contributed by atoms with Gasteiger partial charge < -0.3 is 0 Å². The molecule has 0 aromatic heterocycles. The van der Waals surface area contributed by atoms with Crippen molar-refractivity contribution in [2.45, 2.75) is 52.4 Å². The van der Waals surface area contributed by atoms with E-state index in [2.05, 4.69) is 29.3 Å². The fourth-order valence-electron chi connectivity index (χ4n) is 2.74. The maximum Gasteiger partial charge on any atom is 0.129 e. The summed E-state index contributed by atoms with van der Waals surface area (Å²) in [6, 6.07) is 10.8. The average molecular weight is 356 g/mol. The maximum atomic E-state index is 13.9. The minimum atomic E-state index is -0.532. The van der Waals surface area contributed by atoms with Gasteiger partial charge in [-0.2, -0.15) is 10.2 Å². The lowest BCUT2D eigenvalue weighted by Gasteiger charge is -2.04. The fourth-order valence-corrected chi connectivity index (χ4v) is 2.74. The molecule has 2 aromatic carbocycles. The first-order valence-electron chi connectivity index (χ1n) is 9.27. The highest BCUT2D eigenvalue weighted by atomic mass is 19.1. The number of rotatable bonds is 9. The Labute approximate surface area is 154 Å². The summed E-state index contributed by atoms with van der Waals surface area (Å²) in [5.41, 5.74) is 2.75. The third-order valence-electron chi connectivity index (χ3n) is 4.19. The van der Waals surface area contributed by atoms with Crippen molar-refractivity contribution in [1.82, 2.24) is 0 Å². The van der Waals surface area contributed by atoms with E-state index in [1.165, 1.54) is 43.2 Å². The van der Waals surface area contributed by atoms with Gasteiger partial charge in [0, 0.05) is 11.1 Å². The van der Waals surface area contributed by atoms with Crippen molar-refractivity contribution in [2.24, 2.45) is 10.2 Å². The van der Waals surface area contributed by atoms with Crippen LogP contribution in [0.3, 0.4) is 0 Å². The van der Waals surface area contributed by atoms with Gasteiger partial charge in [-0.15, -0.1) is 0 Å². The minimum Gasteiger partial charge on any atom is -0.207 e. The van der Waals surface area contributed by atoms with Crippen LogP contribution in [0.15, 0.2) is 46.6 Å². The number of unbranched alkanes of at least 4 members (excludes halogenated alkanes) is 2. The van der Waals surface area contributed by atoms with E-state index >= 15 is 0 Å². The number of benzene rings is 2. The van der Waals surface area contributed by atoms with E-state index in [1.807, 2.05) is 19.1 Å². The van der Waals surface area contributed by atoms with Crippen molar-refractivity contribution in [3.05, 3.63) is 70.3 Å². The van der Waals surface area contributed by atoms with Gasteiger partial charge in [-0.05, 0) is 42.5 Å². The van der Waals surface area contributed by atoms with E-state index in [0.29, 0.717) is 18.4 Å². The molecule has 0 bridgehead atoms. The van der Waals surface area contributed by atoms with Crippen LogP contribution in [0.1, 0.15) is 61.8 Å². The first-order valence-corrected chi connectivity index (χ1v) is 9.27. The zero-order chi connectivity index (χ0) is 18.8. The first-order chi connectivity index (χ1) is 12.6. The van der Waals surface area contributed by atoms with Crippen molar-refractivity contribution in [1.29, 1.82) is 0 Å². The van der Waals surface area contributed by atoms with Crippen molar-refractivity contribution in [2.75, 3.05) is 0 Å². The topological polar surface area (TPSA) is 24.7 Å². The van der Waals surface area contributed by atoms with Crippen molar-refractivity contribution >= 4 is 12.4 Å². The van der Waals surface area contributed by atoms with Crippen LogP contribution in [0.5, 0.6) is 0 Å². The molecule has 0 atom stereocenters. The largest absolute Gasteiger partial charge is 0.207 e. The Bertz CT molecular complexity index is 726. The molecule has 0 N–H and O–H groups in total. The molecule has 2 nitrogen and oxygen atoms in total. The smallest absolute Gasteiger partial charge is 0.129 e. The van der Waals surface area contributed by atoms with Crippen molar-refractivity contribution < 1.29 is 8.78 Å². The third kappa shape index (κ3) is 6.17. The molecule has 0 radical (unpaired) electrons. The Morgan fingerprint density at radius 1 is 0.769 bits per heavy atom. The molecule has 0 aliphatic carbocycles. The third-order valence-corrected chi connectivity index (χ3v) is 4.19. The van der Waals surface area contributed by atoms with Crippen LogP contribution in [-0.4, -0.2) is 12.4 Å². The zero-order valence-corrected chi connectivity index (χ0v) is 15.5. The van der Waals surface area contributed by atoms with Crippen LogP contribution in [0.25, 0.3) is 0 Å². The number of hydrogen-bond donors (Lipinski definition) is 0. The summed E-state index contributed by atoms with van der Waals surface area (Å²) in [5, 5.41) is 7.85. The summed E-state index contributed by atoms with van der Waals surface area (Å²) in [6.07, 6.45) is 8.84. The number of halogens is 2.